The minimum atomic E-state index is -0.230. The van der Waals surface area contributed by atoms with Crippen LogP contribution in [0.25, 0.3) is 5.69 Å². The number of hydrogen-bond donors (Lipinski definition) is 0. The van der Waals surface area contributed by atoms with Gasteiger partial charge in [-0.2, -0.15) is 0 Å². The number of carbonyl (C=O) groups is 2. The lowest BCUT2D eigenvalue weighted by Crippen LogP contribution is -2.39. The third kappa shape index (κ3) is 2.64. The summed E-state index contributed by atoms with van der Waals surface area (Å²) in [5, 5.41) is 12.0. The Balaban J connectivity index is 1.45. The van der Waals surface area contributed by atoms with Crippen LogP contribution in [-0.2, 0) is 4.79 Å². The van der Waals surface area contributed by atoms with E-state index in [1.54, 1.807) is 4.90 Å². The average Bonchev–Trinajstić information content (AvgIpc) is 3.35. The molecule has 8 nitrogen and oxygen atoms in total. The number of likely N-dealkylation sites (tertiary alicyclic amines) is 2. The lowest BCUT2D eigenvalue weighted by Gasteiger charge is -2.23. The number of amides is 2. The van der Waals surface area contributed by atoms with Crippen LogP contribution in [0, 0.1) is 0 Å². The number of nitrogens with zero attached hydrogens (tertiary/aromatic N) is 6. The fourth-order valence-electron chi connectivity index (χ4n) is 3.35. The number of benzene rings is 1. The van der Waals surface area contributed by atoms with Crippen molar-refractivity contribution < 1.29 is 9.59 Å². The van der Waals surface area contributed by atoms with E-state index in [9.17, 15) is 9.59 Å². The predicted molar refractivity (Wildman–Crippen MR) is 84.4 cm³/mol. The normalized spacial score (nSPS) is 20.8. The third-order valence-corrected chi connectivity index (χ3v) is 4.59. The second-order valence-electron chi connectivity index (χ2n) is 6.12. The van der Waals surface area contributed by atoms with Crippen molar-refractivity contribution >= 4 is 11.8 Å². The van der Waals surface area contributed by atoms with E-state index in [4.69, 9.17) is 0 Å². The van der Waals surface area contributed by atoms with Gasteiger partial charge in [0.05, 0.1) is 11.7 Å². The largest absolute Gasteiger partial charge is 0.338 e. The van der Waals surface area contributed by atoms with Gasteiger partial charge in [0, 0.05) is 26.1 Å². The Labute approximate surface area is 139 Å². The van der Waals surface area contributed by atoms with Crippen molar-refractivity contribution in [1.82, 2.24) is 30.0 Å². The number of hydrogen-bond acceptors (Lipinski definition) is 5. The molecule has 1 unspecified atom stereocenters. The molecule has 0 radical (unpaired) electrons. The van der Waals surface area contributed by atoms with Gasteiger partial charge in [-0.3, -0.25) is 9.59 Å². The molecule has 0 bridgehead atoms. The maximum Gasteiger partial charge on any atom is 0.295 e. The summed E-state index contributed by atoms with van der Waals surface area (Å²) >= 11 is 0. The van der Waals surface area contributed by atoms with E-state index < -0.39 is 0 Å². The van der Waals surface area contributed by atoms with Gasteiger partial charge in [-0.05, 0) is 30.2 Å². The second kappa shape index (κ2) is 6.03. The number of tetrazole rings is 1. The first-order valence-corrected chi connectivity index (χ1v) is 8.16. The highest BCUT2D eigenvalue weighted by molar-refractivity contribution is 5.90. The van der Waals surface area contributed by atoms with Crippen LogP contribution in [0.2, 0.25) is 0 Å². The van der Waals surface area contributed by atoms with Crippen molar-refractivity contribution in [3.05, 3.63) is 36.2 Å². The molecule has 4 rings (SSSR count). The fraction of sp³-hybridized carbons (Fsp3) is 0.438. The molecule has 2 fully saturated rings. The highest BCUT2D eigenvalue weighted by Crippen LogP contribution is 2.22. The zero-order chi connectivity index (χ0) is 16.5. The minimum absolute atomic E-state index is 0.0900. The Morgan fingerprint density at radius 2 is 2.00 bits per heavy atom. The Bertz CT molecular complexity index is 759. The van der Waals surface area contributed by atoms with E-state index in [1.807, 2.05) is 35.2 Å². The molecule has 0 aliphatic carbocycles. The second-order valence-corrected chi connectivity index (χ2v) is 6.12. The van der Waals surface area contributed by atoms with Crippen LogP contribution in [-0.4, -0.2) is 67.5 Å². The lowest BCUT2D eigenvalue weighted by atomic mass is 10.2. The van der Waals surface area contributed by atoms with Crippen molar-refractivity contribution in [2.75, 3.05) is 19.6 Å². The molecular weight excluding hydrogens is 308 g/mol. The number of aromatic nitrogens is 4. The maximum absolute atomic E-state index is 12.6. The van der Waals surface area contributed by atoms with Gasteiger partial charge < -0.3 is 9.80 Å². The topological polar surface area (TPSA) is 84.2 Å². The SMILES string of the molecule is O=C(c1nnn(-c2ccccc2)n1)N1CCC(N2CCCC2=O)C1. The van der Waals surface area contributed by atoms with Gasteiger partial charge in [0.2, 0.25) is 5.91 Å². The van der Waals surface area contributed by atoms with E-state index in [0.29, 0.717) is 19.5 Å². The average molecular weight is 326 g/mol. The Hall–Kier alpha value is -2.77. The third-order valence-electron chi connectivity index (χ3n) is 4.59. The van der Waals surface area contributed by atoms with Gasteiger partial charge in [0.25, 0.3) is 11.7 Å². The molecular formula is C16H18N6O2. The summed E-state index contributed by atoms with van der Waals surface area (Å²) in [6, 6.07) is 9.46. The highest BCUT2D eigenvalue weighted by atomic mass is 16.2. The molecule has 2 aliphatic rings. The molecule has 2 aliphatic heterocycles. The van der Waals surface area contributed by atoms with Gasteiger partial charge >= 0.3 is 0 Å². The molecule has 24 heavy (non-hydrogen) atoms. The minimum Gasteiger partial charge on any atom is -0.338 e. The summed E-state index contributed by atoms with van der Waals surface area (Å²) in [4.78, 5) is 29.4. The van der Waals surface area contributed by atoms with Crippen LogP contribution in [0.1, 0.15) is 29.9 Å². The van der Waals surface area contributed by atoms with Crippen LogP contribution >= 0.6 is 0 Å². The van der Waals surface area contributed by atoms with Crippen molar-refractivity contribution in [3.8, 4) is 5.69 Å². The predicted octanol–water partition coefficient (Wildman–Crippen LogP) is 0.499. The van der Waals surface area contributed by atoms with Crippen LogP contribution in [0.15, 0.2) is 30.3 Å². The van der Waals surface area contributed by atoms with E-state index in [0.717, 1.165) is 25.1 Å². The summed E-state index contributed by atoms with van der Waals surface area (Å²) in [7, 11) is 0. The number of carbonyl (C=O) groups excluding carboxylic acids is 2. The lowest BCUT2D eigenvalue weighted by molar-refractivity contribution is -0.129. The summed E-state index contributed by atoms with van der Waals surface area (Å²) in [5.41, 5.74) is 0.756. The van der Waals surface area contributed by atoms with E-state index in [1.165, 1.54) is 4.80 Å². The van der Waals surface area contributed by atoms with Crippen LogP contribution < -0.4 is 0 Å². The fourth-order valence-corrected chi connectivity index (χ4v) is 3.35. The maximum atomic E-state index is 12.6. The molecule has 0 spiro atoms. The molecule has 2 aromatic rings. The van der Waals surface area contributed by atoms with E-state index >= 15 is 0 Å². The number of para-hydroxylation sites is 1. The first-order valence-electron chi connectivity index (χ1n) is 8.16. The molecule has 1 atom stereocenters. The molecule has 124 valence electrons. The molecule has 8 heteroatoms. The van der Waals surface area contributed by atoms with Gasteiger partial charge in [0.1, 0.15) is 0 Å². The Kier molecular flexibility index (Phi) is 3.72. The molecule has 0 N–H and O–H groups in total. The molecule has 1 aromatic carbocycles. The van der Waals surface area contributed by atoms with Crippen molar-refractivity contribution in [2.24, 2.45) is 0 Å². The smallest absolute Gasteiger partial charge is 0.295 e. The summed E-state index contributed by atoms with van der Waals surface area (Å²) < 4.78 is 0. The van der Waals surface area contributed by atoms with Crippen molar-refractivity contribution in [2.45, 2.75) is 25.3 Å². The molecule has 2 amide bonds. The van der Waals surface area contributed by atoms with Crippen LogP contribution in [0.3, 0.4) is 0 Å². The van der Waals surface area contributed by atoms with Crippen molar-refractivity contribution in [1.29, 1.82) is 0 Å². The molecule has 0 saturated carbocycles. The summed E-state index contributed by atoms with van der Waals surface area (Å²) in [6.45, 7) is 1.96. The van der Waals surface area contributed by atoms with Crippen LogP contribution in [0.4, 0.5) is 0 Å². The quantitative estimate of drug-likeness (QED) is 0.820. The zero-order valence-electron chi connectivity index (χ0n) is 13.2. The Morgan fingerprint density at radius 3 is 2.75 bits per heavy atom. The first-order chi connectivity index (χ1) is 11.7. The van der Waals surface area contributed by atoms with E-state index in [-0.39, 0.29) is 23.7 Å². The summed E-state index contributed by atoms with van der Waals surface area (Å²) in [6.07, 6.45) is 2.35. The zero-order valence-corrected chi connectivity index (χ0v) is 13.2. The molecule has 1 aromatic heterocycles. The van der Waals surface area contributed by atoms with Gasteiger partial charge in [-0.25, -0.2) is 0 Å². The first kappa shape index (κ1) is 14.8. The van der Waals surface area contributed by atoms with Gasteiger partial charge in [-0.15, -0.1) is 15.0 Å². The summed E-state index contributed by atoms with van der Waals surface area (Å²) in [5.74, 6) is 0.0565. The van der Waals surface area contributed by atoms with Crippen molar-refractivity contribution in [3.63, 3.8) is 0 Å². The standard InChI is InChI=1S/C16H18N6O2/c23-14-7-4-9-21(14)13-8-10-20(11-13)16(24)15-17-19-22(18-15)12-5-2-1-3-6-12/h1-3,5-6,13H,4,7-11H2. The van der Waals surface area contributed by atoms with E-state index in [2.05, 4.69) is 15.4 Å². The van der Waals surface area contributed by atoms with Gasteiger partial charge in [-0.1, -0.05) is 18.2 Å². The molecule has 2 saturated heterocycles. The van der Waals surface area contributed by atoms with Gasteiger partial charge in [0.15, 0.2) is 0 Å². The van der Waals surface area contributed by atoms with Crippen LogP contribution in [0.5, 0.6) is 0 Å². The molecule has 3 heterocycles. The monoisotopic (exact) mass is 326 g/mol. The highest BCUT2D eigenvalue weighted by Gasteiger charge is 2.36. The Morgan fingerprint density at radius 1 is 1.17 bits per heavy atom. The number of rotatable bonds is 3.